The molecule has 16 heavy (non-hydrogen) atoms. The molecule has 1 aromatic rings. The smallest absolute Gasteiger partial charge is 0.168 e. The van der Waals surface area contributed by atoms with Gasteiger partial charge in [-0.3, -0.25) is 0 Å². The largest absolute Gasteiger partial charge is 0.494 e. The van der Waals surface area contributed by atoms with Gasteiger partial charge >= 0.3 is 0 Å². The number of hydrogen-bond acceptors (Lipinski definition) is 2. The van der Waals surface area contributed by atoms with Crippen molar-refractivity contribution in [3.8, 4) is 5.75 Å². The molecule has 0 heterocycles. The van der Waals surface area contributed by atoms with Crippen LogP contribution in [0.15, 0.2) is 18.2 Å². The van der Waals surface area contributed by atoms with Gasteiger partial charge in [-0.25, -0.2) is 4.39 Å². The molecule has 3 heteroatoms. The Morgan fingerprint density at radius 2 is 2.06 bits per heavy atom. The number of halogens is 1. The van der Waals surface area contributed by atoms with Gasteiger partial charge < -0.3 is 10.5 Å². The van der Waals surface area contributed by atoms with E-state index >= 15 is 0 Å². The first-order chi connectivity index (χ1) is 7.38. The number of benzene rings is 1. The molecule has 0 aliphatic heterocycles. The van der Waals surface area contributed by atoms with Gasteiger partial charge in [0, 0.05) is 6.04 Å². The van der Waals surface area contributed by atoms with Crippen LogP contribution >= 0.6 is 0 Å². The Morgan fingerprint density at radius 3 is 2.56 bits per heavy atom. The molecule has 1 atom stereocenters. The Bertz CT molecular complexity index is 361. The van der Waals surface area contributed by atoms with E-state index in [4.69, 9.17) is 10.5 Å². The maximum atomic E-state index is 14.1. The average Bonchev–Trinajstić information content (AvgIpc) is 2.15. The zero-order chi connectivity index (χ0) is 12.3. The quantitative estimate of drug-likeness (QED) is 0.855. The molecule has 0 amide bonds. The van der Waals surface area contributed by atoms with Crippen molar-refractivity contribution in [3.05, 3.63) is 29.6 Å². The van der Waals surface area contributed by atoms with Crippen LogP contribution in [-0.4, -0.2) is 13.2 Å². The Kier molecular flexibility index (Phi) is 3.92. The van der Waals surface area contributed by atoms with E-state index in [1.54, 1.807) is 18.2 Å². The normalized spacial score (nSPS) is 13.6. The van der Waals surface area contributed by atoms with Gasteiger partial charge in [0.1, 0.15) is 0 Å². The van der Waals surface area contributed by atoms with Gasteiger partial charge in [0.2, 0.25) is 0 Å². The first kappa shape index (κ1) is 13.0. The summed E-state index contributed by atoms with van der Waals surface area (Å²) in [4.78, 5) is 0. The van der Waals surface area contributed by atoms with Crippen molar-refractivity contribution < 1.29 is 9.13 Å². The van der Waals surface area contributed by atoms with Gasteiger partial charge in [-0.15, -0.1) is 0 Å². The van der Waals surface area contributed by atoms with Crippen LogP contribution in [0.1, 0.15) is 32.8 Å². The third kappa shape index (κ3) is 2.73. The molecule has 0 aromatic heterocycles. The minimum atomic E-state index is -0.285. The minimum Gasteiger partial charge on any atom is -0.494 e. The lowest BCUT2D eigenvalue weighted by Gasteiger charge is -2.28. The first-order valence-electron chi connectivity index (χ1n) is 5.47. The molecule has 2 N–H and O–H groups in total. The Hall–Kier alpha value is -1.09. The molecular formula is C13H20FNO. The summed E-state index contributed by atoms with van der Waals surface area (Å²) < 4.78 is 19.0. The fourth-order valence-electron chi connectivity index (χ4n) is 2.11. The lowest BCUT2D eigenvalue weighted by Crippen LogP contribution is -2.29. The van der Waals surface area contributed by atoms with Gasteiger partial charge in [-0.05, 0) is 30.4 Å². The zero-order valence-corrected chi connectivity index (χ0v) is 10.4. The maximum absolute atomic E-state index is 14.1. The molecule has 0 fully saturated rings. The Balaban J connectivity index is 3.12. The highest BCUT2D eigenvalue weighted by Crippen LogP contribution is 2.33. The minimum absolute atomic E-state index is 0.0422. The van der Waals surface area contributed by atoms with E-state index in [9.17, 15) is 4.39 Å². The van der Waals surface area contributed by atoms with E-state index in [1.165, 1.54) is 7.11 Å². The number of hydrogen-bond donors (Lipinski definition) is 1. The number of ether oxygens (including phenoxy) is 1. The summed E-state index contributed by atoms with van der Waals surface area (Å²) in [6, 6.07) is 5.27. The van der Waals surface area contributed by atoms with Crippen LogP contribution in [0.2, 0.25) is 0 Å². The topological polar surface area (TPSA) is 35.2 Å². The summed E-state index contributed by atoms with van der Waals surface area (Å²) in [6.07, 6.45) is 0.733. The van der Waals surface area contributed by atoms with Gasteiger partial charge in [0.05, 0.1) is 7.11 Å². The van der Waals surface area contributed by atoms with Crippen LogP contribution < -0.4 is 10.5 Å². The van der Waals surface area contributed by atoms with Crippen LogP contribution in [0, 0.1) is 5.82 Å². The number of rotatable bonds is 4. The third-order valence-electron chi connectivity index (χ3n) is 2.74. The highest BCUT2D eigenvalue weighted by Gasteiger charge is 2.26. The van der Waals surface area contributed by atoms with Crippen LogP contribution in [-0.2, 0) is 5.41 Å². The molecule has 0 aliphatic carbocycles. The SMILES string of the molecule is COc1cccc(C(C)(C)CC(C)N)c1F. The van der Waals surface area contributed by atoms with E-state index in [-0.39, 0.29) is 23.0 Å². The highest BCUT2D eigenvalue weighted by atomic mass is 19.1. The van der Waals surface area contributed by atoms with E-state index in [0.29, 0.717) is 5.56 Å². The van der Waals surface area contributed by atoms with Crippen LogP contribution in [0.25, 0.3) is 0 Å². The molecule has 0 aliphatic rings. The van der Waals surface area contributed by atoms with Gasteiger partial charge in [0.15, 0.2) is 11.6 Å². The first-order valence-corrected chi connectivity index (χ1v) is 5.47. The second kappa shape index (κ2) is 4.83. The fraction of sp³-hybridized carbons (Fsp3) is 0.538. The Labute approximate surface area is 96.6 Å². The third-order valence-corrected chi connectivity index (χ3v) is 2.74. The lowest BCUT2D eigenvalue weighted by atomic mass is 9.79. The molecule has 1 unspecified atom stereocenters. The van der Waals surface area contributed by atoms with Crippen molar-refractivity contribution >= 4 is 0 Å². The molecule has 2 nitrogen and oxygen atoms in total. The summed E-state index contributed by atoms with van der Waals surface area (Å²) in [5.41, 5.74) is 6.15. The average molecular weight is 225 g/mol. The molecule has 1 aromatic carbocycles. The van der Waals surface area contributed by atoms with E-state index in [2.05, 4.69) is 0 Å². The molecule has 0 radical (unpaired) electrons. The standard InChI is InChI=1S/C13H20FNO/c1-9(15)8-13(2,3)10-6-5-7-11(16-4)12(10)14/h5-7,9H,8,15H2,1-4H3. The van der Waals surface area contributed by atoms with Gasteiger partial charge in [-0.1, -0.05) is 26.0 Å². The molecule has 0 saturated carbocycles. The molecule has 1 rings (SSSR count). The summed E-state index contributed by atoms with van der Waals surface area (Å²) >= 11 is 0. The second-order valence-corrected chi connectivity index (χ2v) is 4.89. The van der Waals surface area contributed by atoms with Crippen molar-refractivity contribution in [3.63, 3.8) is 0 Å². The van der Waals surface area contributed by atoms with Crippen molar-refractivity contribution in [2.45, 2.75) is 38.6 Å². The van der Waals surface area contributed by atoms with E-state index in [1.807, 2.05) is 20.8 Å². The van der Waals surface area contributed by atoms with E-state index in [0.717, 1.165) is 6.42 Å². The fourth-order valence-corrected chi connectivity index (χ4v) is 2.11. The van der Waals surface area contributed by atoms with Crippen molar-refractivity contribution in [1.29, 1.82) is 0 Å². The van der Waals surface area contributed by atoms with Crippen LogP contribution in [0.3, 0.4) is 0 Å². The Morgan fingerprint density at radius 1 is 1.44 bits per heavy atom. The van der Waals surface area contributed by atoms with E-state index < -0.39 is 0 Å². The summed E-state index contributed by atoms with van der Waals surface area (Å²) in [7, 11) is 1.47. The van der Waals surface area contributed by atoms with Gasteiger partial charge in [-0.2, -0.15) is 0 Å². The number of nitrogens with two attached hydrogens (primary N) is 1. The summed E-state index contributed by atoms with van der Waals surface area (Å²) in [6.45, 7) is 5.92. The second-order valence-electron chi connectivity index (χ2n) is 4.89. The molecular weight excluding hydrogens is 205 g/mol. The summed E-state index contributed by atoms with van der Waals surface area (Å²) in [5.74, 6) is 0.00546. The van der Waals surface area contributed by atoms with Crippen molar-refractivity contribution in [1.82, 2.24) is 0 Å². The van der Waals surface area contributed by atoms with Crippen LogP contribution in [0.4, 0.5) is 4.39 Å². The monoisotopic (exact) mass is 225 g/mol. The highest BCUT2D eigenvalue weighted by molar-refractivity contribution is 5.35. The predicted molar refractivity (Wildman–Crippen MR) is 64.2 cm³/mol. The maximum Gasteiger partial charge on any atom is 0.168 e. The lowest BCUT2D eigenvalue weighted by molar-refractivity contribution is 0.367. The molecule has 0 saturated heterocycles. The molecule has 0 bridgehead atoms. The summed E-state index contributed by atoms with van der Waals surface area (Å²) in [5, 5.41) is 0. The zero-order valence-electron chi connectivity index (χ0n) is 10.4. The van der Waals surface area contributed by atoms with Crippen molar-refractivity contribution in [2.24, 2.45) is 5.73 Å². The number of methoxy groups -OCH3 is 1. The van der Waals surface area contributed by atoms with Crippen molar-refractivity contribution in [2.75, 3.05) is 7.11 Å². The molecule has 0 spiro atoms. The predicted octanol–water partition coefficient (Wildman–Crippen LogP) is 2.85. The van der Waals surface area contributed by atoms with Crippen LogP contribution in [0.5, 0.6) is 5.75 Å². The molecule has 90 valence electrons. The van der Waals surface area contributed by atoms with Gasteiger partial charge in [0.25, 0.3) is 0 Å².